The number of rotatable bonds is 4. The summed E-state index contributed by atoms with van der Waals surface area (Å²) in [6.45, 7) is 2.59. The molecule has 0 fully saturated rings. The number of hydrogen-bond acceptors (Lipinski definition) is 3. The number of furan rings is 1. The van der Waals surface area contributed by atoms with Crippen LogP contribution < -0.4 is 10.1 Å². The summed E-state index contributed by atoms with van der Waals surface area (Å²) < 4.78 is 11.1. The SMILES string of the molecule is COc1cccc2cc(CNc3ccc(C)cc3Cl)oc12. The monoisotopic (exact) mass is 301 g/mol. The number of benzene rings is 2. The second kappa shape index (κ2) is 5.70. The maximum Gasteiger partial charge on any atom is 0.176 e. The van der Waals surface area contributed by atoms with Crippen LogP contribution in [-0.2, 0) is 6.54 Å². The van der Waals surface area contributed by atoms with E-state index < -0.39 is 0 Å². The average molecular weight is 302 g/mol. The summed E-state index contributed by atoms with van der Waals surface area (Å²) in [6.07, 6.45) is 0. The van der Waals surface area contributed by atoms with Gasteiger partial charge < -0.3 is 14.5 Å². The molecular weight excluding hydrogens is 286 g/mol. The number of para-hydroxylation sites is 1. The van der Waals surface area contributed by atoms with E-state index in [2.05, 4.69) is 5.32 Å². The quantitative estimate of drug-likeness (QED) is 0.735. The van der Waals surface area contributed by atoms with Gasteiger partial charge in [-0.1, -0.05) is 29.8 Å². The van der Waals surface area contributed by atoms with Crippen LogP contribution in [0.1, 0.15) is 11.3 Å². The highest BCUT2D eigenvalue weighted by Crippen LogP contribution is 2.29. The Bertz CT molecular complexity index is 780. The van der Waals surface area contributed by atoms with Crippen molar-refractivity contribution in [2.75, 3.05) is 12.4 Å². The van der Waals surface area contributed by atoms with Crippen LogP contribution >= 0.6 is 11.6 Å². The lowest BCUT2D eigenvalue weighted by Crippen LogP contribution is -1.98. The van der Waals surface area contributed by atoms with Gasteiger partial charge in [0, 0.05) is 5.39 Å². The van der Waals surface area contributed by atoms with Gasteiger partial charge in [-0.05, 0) is 36.8 Å². The van der Waals surface area contributed by atoms with Crippen LogP contribution in [0, 0.1) is 6.92 Å². The van der Waals surface area contributed by atoms with E-state index in [0.29, 0.717) is 11.6 Å². The van der Waals surface area contributed by atoms with Crippen LogP contribution in [0.4, 0.5) is 5.69 Å². The molecule has 2 aromatic carbocycles. The van der Waals surface area contributed by atoms with Crippen LogP contribution in [0.2, 0.25) is 5.02 Å². The van der Waals surface area contributed by atoms with Gasteiger partial charge in [0.25, 0.3) is 0 Å². The lowest BCUT2D eigenvalue weighted by molar-refractivity contribution is 0.408. The van der Waals surface area contributed by atoms with Crippen molar-refractivity contribution >= 4 is 28.3 Å². The molecule has 0 spiro atoms. The fourth-order valence-corrected chi connectivity index (χ4v) is 2.59. The lowest BCUT2D eigenvalue weighted by Gasteiger charge is -2.07. The molecule has 108 valence electrons. The van der Waals surface area contributed by atoms with Crippen molar-refractivity contribution in [2.45, 2.75) is 13.5 Å². The zero-order valence-electron chi connectivity index (χ0n) is 11.9. The van der Waals surface area contributed by atoms with Crippen molar-refractivity contribution in [2.24, 2.45) is 0 Å². The predicted molar refractivity (Wildman–Crippen MR) is 86.3 cm³/mol. The fourth-order valence-electron chi connectivity index (χ4n) is 2.28. The molecule has 1 aromatic heterocycles. The molecule has 0 saturated heterocycles. The van der Waals surface area contributed by atoms with E-state index in [0.717, 1.165) is 33.7 Å². The van der Waals surface area contributed by atoms with Gasteiger partial charge in [0.2, 0.25) is 0 Å². The topological polar surface area (TPSA) is 34.4 Å². The van der Waals surface area contributed by atoms with Gasteiger partial charge >= 0.3 is 0 Å². The first-order valence-corrected chi connectivity index (χ1v) is 7.10. The van der Waals surface area contributed by atoms with Gasteiger partial charge in [0.15, 0.2) is 11.3 Å². The van der Waals surface area contributed by atoms with Gasteiger partial charge in [-0.25, -0.2) is 0 Å². The number of ether oxygens (including phenoxy) is 1. The first-order chi connectivity index (χ1) is 10.2. The summed E-state index contributed by atoms with van der Waals surface area (Å²) in [6, 6.07) is 13.8. The number of halogens is 1. The molecule has 3 nitrogen and oxygen atoms in total. The Labute approximate surface area is 128 Å². The number of anilines is 1. The highest BCUT2D eigenvalue weighted by molar-refractivity contribution is 6.33. The van der Waals surface area contributed by atoms with Crippen LogP contribution in [0.15, 0.2) is 46.9 Å². The molecule has 4 heteroatoms. The van der Waals surface area contributed by atoms with Gasteiger partial charge in [0.1, 0.15) is 5.76 Å². The Kier molecular flexibility index (Phi) is 3.76. The standard InChI is InChI=1S/C17H16ClNO2/c1-11-6-7-15(14(18)8-11)19-10-13-9-12-4-3-5-16(20-2)17(12)21-13/h3-9,19H,10H2,1-2H3. The van der Waals surface area contributed by atoms with Gasteiger partial charge in [-0.2, -0.15) is 0 Å². The molecule has 0 amide bonds. The molecule has 3 rings (SSSR count). The van der Waals surface area contributed by atoms with E-state index in [-0.39, 0.29) is 0 Å². The summed E-state index contributed by atoms with van der Waals surface area (Å²) in [5.74, 6) is 1.58. The van der Waals surface area contributed by atoms with Gasteiger partial charge in [-0.15, -0.1) is 0 Å². The van der Waals surface area contributed by atoms with E-state index >= 15 is 0 Å². The van der Waals surface area contributed by atoms with E-state index in [4.69, 9.17) is 20.8 Å². The highest BCUT2D eigenvalue weighted by Gasteiger charge is 2.09. The van der Waals surface area contributed by atoms with E-state index in [1.54, 1.807) is 7.11 Å². The number of aryl methyl sites for hydroxylation is 1. The molecule has 1 N–H and O–H groups in total. The zero-order valence-corrected chi connectivity index (χ0v) is 12.7. The Morgan fingerprint density at radius 3 is 2.81 bits per heavy atom. The molecular formula is C17H16ClNO2. The van der Waals surface area contributed by atoms with Crippen LogP contribution in [0.25, 0.3) is 11.0 Å². The minimum Gasteiger partial charge on any atom is -0.493 e. The molecule has 0 radical (unpaired) electrons. The Morgan fingerprint density at radius 2 is 2.05 bits per heavy atom. The Hall–Kier alpha value is -2.13. The van der Waals surface area contributed by atoms with Crippen LogP contribution in [0.5, 0.6) is 5.75 Å². The van der Waals surface area contributed by atoms with E-state index in [1.807, 2.05) is 49.4 Å². The van der Waals surface area contributed by atoms with Crippen LogP contribution in [0.3, 0.4) is 0 Å². The molecule has 1 heterocycles. The molecule has 0 atom stereocenters. The Morgan fingerprint density at radius 1 is 1.19 bits per heavy atom. The van der Waals surface area contributed by atoms with Crippen molar-refractivity contribution in [3.05, 3.63) is 58.8 Å². The molecule has 3 aromatic rings. The smallest absolute Gasteiger partial charge is 0.176 e. The third kappa shape index (κ3) is 2.83. The maximum absolute atomic E-state index is 6.21. The number of hydrogen-bond donors (Lipinski definition) is 1. The Balaban J connectivity index is 1.82. The van der Waals surface area contributed by atoms with Crippen molar-refractivity contribution in [3.8, 4) is 5.75 Å². The summed E-state index contributed by atoms with van der Waals surface area (Å²) >= 11 is 6.21. The minimum absolute atomic E-state index is 0.570. The summed E-state index contributed by atoms with van der Waals surface area (Å²) in [4.78, 5) is 0. The molecule has 0 aliphatic carbocycles. The molecule has 21 heavy (non-hydrogen) atoms. The average Bonchev–Trinajstić information content (AvgIpc) is 2.89. The second-order valence-corrected chi connectivity index (χ2v) is 5.34. The number of fused-ring (bicyclic) bond motifs is 1. The molecule has 0 bridgehead atoms. The van der Waals surface area contributed by atoms with Crippen molar-refractivity contribution in [1.82, 2.24) is 0 Å². The first-order valence-electron chi connectivity index (χ1n) is 6.73. The third-order valence-electron chi connectivity index (χ3n) is 3.36. The molecule has 0 aliphatic rings. The second-order valence-electron chi connectivity index (χ2n) is 4.93. The summed E-state index contributed by atoms with van der Waals surface area (Å²) in [7, 11) is 1.64. The zero-order chi connectivity index (χ0) is 14.8. The predicted octanol–water partition coefficient (Wildman–Crippen LogP) is 5.02. The minimum atomic E-state index is 0.570. The first kappa shape index (κ1) is 13.8. The van der Waals surface area contributed by atoms with E-state index in [1.165, 1.54) is 0 Å². The summed E-state index contributed by atoms with van der Waals surface area (Å²) in [5, 5.41) is 5.03. The molecule has 0 saturated carbocycles. The van der Waals surface area contributed by atoms with Crippen molar-refractivity contribution in [1.29, 1.82) is 0 Å². The van der Waals surface area contributed by atoms with Crippen LogP contribution in [-0.4, -0.2) is 7.11 Å². The number of nitrogens with one attached hydrogen (secondary N) is 1. The van der Waals surface area contributed by atoms with E-state index in [9.17, 15) is 0 Å². The van der Waals surface area contributed by atoms with Crippen molar-refractivity contribution < 1.29 is 9.15 Å². The lowest BCUT2D eigenvalue weighted by atomic mass is 10.2. The fraction of sp³-hybridized carbons (Fsp3) is 0.176. The highest BCUT2D eigenvalue weighted by atomic mass is 35.5. The normalized spacial score (nSPS) is 10.8. The van der Waals surface area contributed by atoms with Crippen molar-refractivity contribution in [3.63, 3.8) is 0 Å². The molecule has 0 aliphatic heterocycles. The maximum atomic E-state index is 6.21. The largest absolute Gasteiger partial charge is 0.493 e. The third-order valence-corrected chi connectivity index (χ3v) is 3.67. The van der Waals surface area contributed by atoms with Gasteiger partial charge in [0.05, 0.1) is 24.4 Å². The van der Waals surface area contributed by atoms with Gasteiger partial charge in [-0.3, -0.25) is 0 Å². The number of methoxy groups -OCH3 is 1. The molecule has 0 unspecified atom stereocenters. The summed E-state index contributed by atoms with van der Waals surface area (Å²) in [5.41, 5.74) is 2.81.